The number of hydrogen-bond donors (Lipinski definition) is 1. The third-order valence-corrected chi connectivity index (χ3v) is 4.52. The molecule has 0 spiro atoms. The van der Waals surface area contributed by atoms with Crippen LogP contribution in [0.15, 0.2) is 47.4 Å². The minimum Gasteiger partial charge on any atom is -0.316 e. The van der Waals surface area contributed by atoms with Crippen LogP contribution in [0.3, 0.4) is 0 Å². The summed E-state index contributed by atoms with van der Waals surface area (Å²) in [5.74, 6) is -0.195. The predicted octanol–water partition coefficient (Wildman–Crippen LogP) is 4.20. The van der Waals surface area contributed by atoms with Gasteiger partial charge in [-0.3, -0.25) is 0 Å². The van der Waals surface area contributed by atoms with Crippen LogP contribution < -0.4 is 5.32 Å². The summed E-state index contributed by atoms with van der Waals surface area (Å²) in [5, 5.41) is 3.14. The lowest BCUT2D eigenvalue weighted by Crippen LogP contribution is -2.30. The van der Waals surface area contributed by atoms with Gasteiger partial charge in [-0.15, -0.1) is 11.8 Å². The van der Waals surface area contributed by atoms with Crippen molar-refractivity contribution in [2.45, 2.75) is 24.3 Å². The summed E-state index contributed by atoms with van der Waals surface area (Å²) in [7, 11) is 1.82. The van der Waals surface area contributed by atoms with Gasteiger partial charge in [0, 0.05) is 22.3 Å². The van der Waals surface area contributed by atoms with E-state index in [4.69, 9.17) is 0 Å². The fourth-order valence-corrected chi connectivity index (χ4v) is 3.24. The molecule has 0 fully saturated rings. The molecule has 112 valence electrons. The molecule has 2 rings (SSSR count). The van der Waals surface area contributed by atoms with Crippen molar-refractivity contribution in [3.63, 3.8) is 0 Å². The molecule has 0 saturated carbocycles. The fraction of sp³-hybridized carbons (Fsp3) is 0.294. The standard InChI is InChI=1S/C17H19F2NS/c1-12-5-3-6-14(9-12)21-11-13(20-2)10-15-16(18)7-4-8-17(15)19/h3-9,13,20H,10-11H2,1-2H3. The highest BCUT2D eigenvalue weighted by atomic mass is 32.2. The molecule has 21 heavy (non-hydrogen) atoms. The second kappa shape index (κ2) is 7.57. The Morgan fingerprint density at radius 3 is 2.38 bits per heavy atom. The van der Waals surface area contributed by atoms with Gasteiger partial charge >= 0.3 is 0 Å². The average Bonchev–Trinajstić information content (AvgIpc) is 2.46. The smallest absolute Gasteiger partial charge is 0.129 e. The highest BCUT2D eigenvalue weighted by Gasteiger charge is 2.14. The number of nitrogens with one attached hydrogen (secondary N) is 1. The summed E-state index contributed by atoms with van der Waals surface area (Å²) >= 11 is 1.69. The van der Waals surface area contributed by atoms with Gasteiger partial charge in [0.1, 0.15) is 11.6 Å². The Bertz CT molecular complexity index is 581. The Morgan fingerprint density at radius 2 is 1.76 bits per heavy atom. The van der Waals surface area contributed by atoms with Crippen LogP contribution in [0, 0.1) is 18.6 Å². The molecule has 1 unspecified atom stereocenters. The molecule has 1 atom stereocenters. The number of thioether (sulfide) groups is 1. The third kappa shape index (κ3) is 4.55. The predicted molar refractivity (Wildman–Crippen MR) is 84.8 cm³/mol. The van der Waals surface area contributed by atoms with Gasteiger partial charge in [-0.2, -0.15) is 0 Å². The van der Waals surface area contributed by atoms with Gasteiger partial charge in [0.05, 0.1) is 0 Å². The second-order valence-corrected chi connectivity index (χ2v) is 6.11. The van der Waals surface area contributed by atoms with Crippen molar-refractivity contribution in [3.05, 3.63) is 65.2 Å². The van der Waals surface area contributed by atoms with Crippen LogP contribution in [-0.4, -0.2) is 18.8 Å². The second-order valence-electron chi connectivity index (χ2n) is 5.02. The van der Waals surface area contributed by atoms with Crippen molar-refractivity contribution in [2.24, 2.45) is 0 Å². The van der Waals surface area contributed by atoms with E-state index in [9.17, 15) is 8.78 Å². The third-order valence-electron chi connectivity index (χ3n) is 3.36. The molecule has 4 heteroatoms. The fourth-order valence-electron chi connectivity index (χ4n) is 2.12. The molecule has 0 aromatic heterocycles. The molecular formula is C17H19F2NS. The molecule has 0 aliphatic heterocycles. The lowest BCUT2D eigenvalue weighted by atomic mass is 10.1. The van der Waals surface area contributed by atoms with Gasteiger partial charge in [0.15, 0.2) is 0 Å². The van der Waals surface area contributed by atoms with E-state index in [-0.39, 0.29) is 11.6 Å². The number of rotatable bonds is 6. The van der Waals surface area contributed by atoms with Crippen molar-refractivity contribution in [1.29, 1.82) is 0 Å². The van der Waals surface area contributed by atoms with Crippen LogP contribution in [0.25, 0.3) is 0 Å². The molecule has 1 N–H and O–H groups in total. The first kappa shape index (κ1) is 16.0. The number of likely N-dealkylation sites (N-methyl/N-ethyl adjacent to an activating group) is 1. The monoisotopic (exact) mass is 307 g/mol. The highest BCUT2D eigenvalue weighted by Crippen LogP contribution is 2.22. The van der Waals surface area contributed by atoms with E-state index in [1.807, 2.05) is 32.2 Å². The van der Waals surface area contributed by atoms with Crippen molar-refractivity contribution in [3.8, 4) is 0 Å². The number of halogens is 2. The summed E-state index contributed by atoms with van der Waals surface area (Å²) < 4.78 is 27.4. The first-order valence-electron chi connectivity index (χ1n) is 6.89. The van der Waals surface area contributed by atoms with E-state index in [2.05, 4.69) is 11.4 Å². The molecular weight excluding hydrogens is 288 g/mol. The van der Waals surface area contributed by atoms with Crippen LogP contribution in [0.1, 0.15) is 11.1 Å². The molecule has 0 saturated heterocycles. The maximum atomic E-state index is 13.7. The molecule has 0 heterocycles. The summed E-state index contributed by atoms with van der Waals surface area (Å²) in [6, 6.07) is 12.2. The van der Waals surface area contributed by atoms with E-state index < -0.39 is 11.6 Å². The number of benzene rings is 2. The van der Waals surface area contributed by atoms with Crippen LogP contribution in [0.5, 0.6) is 0 Å². The number of aryl methyl sites for hydroxylation is 1. The maximum absolute atomic E-state index is 13.7. The summed E-state index contributed by atoms with van der Waals surface area (Å²) in [5.41, 5.74) is 1.36. The average molecular weight is 307 g/mol. The van der Waals surface area contributed by atoms with Crippen LogP contribution in [0.4, 0.5) is 8.78 Å². The van der Waals surface area contributed by atoms with Crippen molar-refractivity contribution in [1.82, 2.24) is 5.32 Å². The van der Waals surface area contributed by atoms with Gasteiger partial charge in [-0.25, -0.2) is 8.78 Å². The first-order chi connectivity index (χ1) is 10.1. The first-order valence-corrected chi connectivity index (χ1v) is 7.88. The van der Waals surface area contributed by atoms with Gasteiger partial charge in [0.2, 0.25) is 0 Å². The zero-order chi connectivity index (χ0) is 15.2. The van der Waals surface area contributed by atoms with Crippen LogP contribution in [-0.2, 0) is 6.42 Å². The Morgan fingerprint density at radius 1 is 1.10 bits per heavy atom. The Hall–Kier alpha value is -1.39. The molecule has 0 amide bonds. The Balaban J connectivity index is 2.00. The van der Waals surface area contributed by atoms with Gasteiger partial charge < -0.3 is 5.32 Å². The van der Waals surface area contributed by atoms with E-state index in [1.165, 1.54) is 28.7 Å². The topological polar surface area (TPSA) is 12.0 Å². The SMILES string of the molecule is CNC(CSc1cccc(C)c1)Cc1c(F)cccc1F. The van der Waals surface area contributed by atoms with Gasteiger partial charge in [0.25, 0.3) is 0 Å². The zero-order valence-corrected chi connectivity index (χ0v) is 13.0. The van der Waals surface area contributed by atoms with E-state index in [0.29, 0.717) is 6.42 Å². The molecule has 1 nitrogen and oxygen atoms in total. The molecule has 0 bridgehead atoms. The van der Waals surface area contributed by atoms with Crippen molar-refractivity contribution >= 4 is 11.8 Å². The van der Waals surface area contributed by atoms with Gasteiger partial charge in [-0.1, -0.05) is 23.8 Å². The van der Waals surface area contributed by atoms with Crippen molar-refractivity contribution < 1.29 is 8.78 Å². The van der Waals surface area contributed by atoms with E-state index in [0.717, 1.165) is 5.75 Å². The summed E-state index contributed by atoms with van der Waals surface area (Å²) in [4.78, 5) is 1.17. The zero-order valence-electron chi connectivity index (χ0n) is 12.2. The molecule has 2 aromatic carbocycles. The largest absolute Gasteiger partial charge is 0.316 e. The quantitative estimate of drug-likeness (QED) is 0.803. The number of hydrogen-bond acceptors (Lipinski definition) is 2. The maximum Gasteiger partial charge on any atom is 0.129 e. The Labute approximate surface area is 128 Å². The molecule has 0 aliphatic rings. The summed E-state index contributed by atoms with van der Waals surface area (Å²) in [6.45, 7) is 2.05. The van der Waals surface area contributed by atoms with E-state index in [1.54, 1.807) is 11.8 Å². The molecule has 0 radical (unpaired) electrons. The minimum absolute atomic E-state index is 0.0157. The van der Waals surface area contributed by atoms with Crippen molar-refractivity contribution in [2.75, 3.05) is 12.8 Å². The Kier molecular flexibility index (Phi) is 5.76. The lowest BCUT2D eigenvalue weighted by Gasteiger charge is -2.17. The van der Waals surface area contributed by atoms with Crippen LogP contribution in [0.2, 0.25) is 0 Å². The summed E-state index contributed by atoms with van der Waals surface area (Å²) in [6.07, 6.45) is 0.341. The lowest BCUT2D eigenvalue weighted by molar-refractivity contribution is 0.524. The molecule has 0 aliphatic carbocycles. The molecule has 2 aromatic rings. The van der Waals surface area contributed by atoms with Crippen LogP contribution >= 0.6 is 11.8 Å². The minimum atomic E-state index is -0.476. The highest BCUT2D eigenvalue weighted by molar-refractivity contribution is 7.99. The van der Waals surface area contributed by atoms with Gasteiger partial charge in [-0.05, 0) is 44.7 Å². The van der Waals surface area contributed by atoms with E-state index >= 15 is 0 Å². The normalized spacial score (nSPS) is 12.4.